The van der Waals surface area contributed by atoms with Gasteiger partial charge in [0.2, 0.25) is 0 Å². The first-order chi connectivity index (χ1) is 9.65. The molecular formula is C16H19BrN2O. The van der Waals surface area contributed by atoms with Crippen molar-refractivity contribution in [2.45, 2.75) is 13.0 Å². The van der Waals surface area contributed by atoms with E-state index in [-0.39, 0.29) is 6.04 Å². The summed E-state index contributed by atoms with van der Waals surface area (Å²) in [4.78, 5) is 0. The Morgan fingerprint density at radius 3 is 2.65 bits per heavy atom. The van der Waals surface area contributed by atoms with Crippen LogP contribution in [-0.2, 0) is 0 Å². The number of rotatable bonds is 5. The first-order valence-electron chi connectivity index (χ1n) is 6.51. The molecule has 0 radical (unpaired) electrons. The number of halogens is 1. The number of benzene rings is 2. The molecule has 0 heterocycles. The van der Waals surface area contributed by atoms with E-state index in [9.17, 15) is 0 Å². The summed E-state index contributed by atoms with van der Waals surface area (Å²) in [5, 5.41) is 3.44. The SMILES string of the molecule is COc1ccccc1NC(CN)c1ccc(C)cc1Br. The second-order valence-corrected chi connectivity index (χ2v) is 5.51. The lowest BCUT2D eigenvalue weighted by Gasteiger charge is -2.21. The Morgan fingerprint density at radius 1 is 1.25 bits per heavy atom. The summed E-state index contributed by atoms with van der Waals surface area (Å²) in [5.41, 5.74) is 9.23. The number of aryl methyl sites for hydroxylation is 1. The van der Waals surface area contributed by atoms with Crippen molar-refractivity contribution < 1.29 is 4.74 Å². The number of methoxy groups -OCH3 is 1. The first-order valence-corrected chi connectivity index (χ1v) is 7.30. The zero-order chi connectivity index (χ0) is 14.5. The van der Waals surface area contributed by atoms with Crippen LogP contribution in [-0.4, -0.2) is 13.7 Å². The lowest BCUT2D eigenvalue weighted by Crippen LogP contribution is -2.21. The zero-order valence-electron chi connectivity index (χ0n) is 11.7. The van der Waals surface area contributed by atoms with E-state index in [1.54, 1.807) is 7.11 Å². The third-order valence-electron chi connectivity index (χ3n) is 3.20. The van der Waals surface area contributed by atoms with Crippen molar-refractivity contribution in [2.75, 3.05) is 19.0 Å². The molecule has 1 unspecified atom stereocenters. The predicted molar refractivity (Wildman–Crippen MR) is 87.3 cm³/mol. The van der Waals surface area contributed by atoms with E-state index in [1.807, 2.05) is 24.3 Å². The Balaban J connectivity index is 2.29. The number of hydrogen-bond acceptors (Lipinski definition) is 3. The van der Waals surface area contributed by atoms with Crippen molar-refractivity contribution in [3.05, 3.63) is 58.1 Å². The van der Waals surface area contributed by atoms with E-state index in [2.05, 4.69) is 46.4 Å². The van der Waals surface area contributed by atoms with Gasteiger partial charge in [0.15, 0.2) is 0 Å². The lowest BCUT2D eigenvalue weighted by molar-refractivity contribution is 0.416. The molecule has 1 atom stereocenters. The van der Waals surface area contributed by atoms with E-state index >= 15 is 0 Å². The largest absolute Gasteiger partial charge is 0.495 e. The zero-order valence-corrected chi connectivity index (χ0v) is 13.3. The molecule has 106 valence electrons. The van der Waals surface area contributed by atoms with Gasteiger partial charge in [0.05, 0.1) is 18.8 Å². The minimum Gasteiger partial charge on any atom is -0.495 e. The van der Waals surface area contributed by atoms with Crippen molar-refractivity contribution >= 4 is 21.6 Å². The van der Waals surface area contributed by atoms with E-state index in [0.29, 0.717) is 6.54 Å². The lowest BCUT2D eigenvalue weighted by atomic mass is 10.0. The Kier molecular flexibility index (Phi) is 5.04. The Hall–Kier alpha value is -1.52. The fourth-order valence-electron chi connectivity index (χ4n) is 2.13. The summed E-state index contributed by atoms with van der Waals surface area (Å²) in [6, 6.07) is 14.2. The summed E-state index contributed by atoms with van der Waals surface area (Å²) in [6.45, 7) is 2.57. The highest BCUT2D eigenvalue weighted by atomic mass is 79.9. The molecule has 0 aliphatic carbocycles. The summed E-state index contributed by atoms with van der Waals surface area (Å²) >= 11 is 3.61. The third-order valence-corrected chi connectivity index (χ3v) is 3.89. The van der Waals surface area contributed by atoms with Gasteiger partial charge in [-0.3, -0.25) is 0 Å². The highest BCUT2D eigenvalue weighted by Gasteiger charge is 2.14. The third kappa shape index (κ3) is 3.32. The van der Waals surface area contributed by atoms with Crippen molar-refractivity contribution in [1.82, 2.24) is 0 Å². The van der Waals surface area contributed by atoms with E-state index in [1.165, 1.54) is 5.56 Å². The van der Waals surface area contributed by atoms with Gasteiger partial charge in [0, 0.05) is 11.0 Å². The smallest absolute Gasteiger partial charge is 0.141 e. The molecule has 0 amide bonds. The fourth-order valence-corrected chi connectivity index (χ4v) is 2.90. The van der Waals surface area contributed by atoms with Gasteiger partial charge in [-0.05, 0) is 36.2 Å². The summed E-state index contributed by atoms with van der Waals surface area (Å²) < 4.78 is 6.43. The minimum atomic E-state index is 0.0290. The monoisotopic (exact) mass is 334 g/mol. The van der Waals surface area contributed by atoms with Crippen LogP contribution in [0.25, 0.3) is 0 Å². The molecule has 0 bridgehead atoms. The molecule has 0 aromatic heterocycles. The number of hydrogen-bond donors (Lipinski definition) is 2. The summed E-state index contributed by atoms with van der Waals surface area (Å²) in [5.74, 6) is 0.814. The average Bonchev–Trinajstić information content (AvgIpc) is 2.46. The van der Waals surface area contributed by atoms with Crippen LogP contribution < -0.4 is 15.8 Å². The van der Waals surface area contributed by atoms with Gasteiger partial charge in [0.25, 0.3) is 0 Å². The van der Waals surface area contributed by atoms with Crippen LogP contribution in [0.2, 0.25) is 0 Å². The van der Waals surface area contributed by atoms with Gasteiger partial charge >= 0.3 is 0 Å². The Labute approximate surface area is 128 Å². The van der Waals surface area contributed by atoms with Gasteiger partial charge in [-0.15, -0.1) is 0 Å². The maximum absolute atomic E-state index is 5.93. The molecule has 4 heteroatoms. The van der Waals surface area contributed by atoms with Crippen molar-refractivity contribution in [1.29, 1.82) is 0 Å². The molecule has 3 nitrogen and oxygen atoms in total. The number of nitrogens with one attached hydrogen (secondary N) is 1. The predicted octanol–water partition coefficient (Wildman–Crippen LogP) is 3.88. The van der Waals surface area contributed by atoms with Gasteiger partial charge in [-0.2, -0.15) is 0 Å². The second-order valence-electron chi connectivity index (χ2n) is 4.66. The first kappa shape index (κ1) is 14.9. The average molecular weight is 335 g/mol. The van der Waals surface area contributed by atoms with Crippen molar-refractivity contribution in [3.63, 3.8) is 0 Å². The Morgan fingerprint density at radius 2 is 2.00 bits per heavy atom. The number of para-hydroxylation sites is 2. The second kappa shape index (κ2) is 6.77. The van der Waals surface area contributed by atoms with Crippen molar-refractivity contribution in [3.8, 4) is 5.75 Å². The summed E-state index contributed by atoms with van der Waals surface area (Å²) in [7, 11) is 1.67. The van der Waals surface area contributed by atoms with Gasteiger partial charge in [-0.25, -0.2) is 0 Å². The highest BCUT2D eigenvalue weighted by Crippen LogP contribution is 2.30. The number of ether oxygens (including phenoxy) is 1. The van der Waals surface area contributed by atoms with Crippen LogP contribution >= 0.6 is 15.9 Å². The van der Waals surface area contributed by atoms with Crippen molar-refractivity contribution in [2.24, 2.45) is 5.73 Å². The van der Waals surface area contributed by atoms with Crippen LogP contribution in [0.3, 0.4) is 0 Å². The molecule has 0 spiro atoms. The molecule has 0 saturated carbocycles. The molecule has 2 aromatic carbocycles. The molecule has 3 N–H and O–H groups in total. The molecule has 0 aliphatic heterocycles. The van der Waals surface area contributed by atoms with Gasteiger partial charge in [0.1, 0.15) is 5.75 Å². The molecule has 0 aliphatic rings. The van der Waals surface area contributed by atoms with E-state index in [0.717, 1.165) is 21.5 Å². The molecular weight excluding hydrogens is 316 g/mol. The van der Waals surface area contributed by atoms with Crippen LogP contribution in [0, 0.1) is 6.92 Å². The normalized spacial score (nSPS) is 12.0. The van der Waals surface area contributed by atoms with Crippen LogP contribution in [0.1, 0.15) is 17.2 Å². The standard InChI is InChI=1S/C16H19BrN2O/c1-11-7-8-12(13(17)9-11)15(10-18)19-14-5-3-4-6-16(14)20-2/h3-9,15,19H,10,18H2,1-2H3. The van der Waals surface area contributed by atoms with Gasteiger partial charge < -0.3 is 15.8 Å². The minimum absolute atomic E-state index is 0.0290. The molecule has 0 saturated heterocycles. The summed E-state index contributed by atoms with van der Waals surface area (Å²) in [6.07, 6.45) is 0. The van der Waals surface area contributed by atoms with Crippen LogP contribution in [0.4, 0.5) is 5.69 Å². The molecule has 2 aromatic rings. The van der Waals surface area contributed by atoms with Crippen LogP contribution in [0.15, 0.2) is 46.9 Å². The number of nitrogens with two attached hydrogens (primary N) is 1. The molecule has 0 fully saturated rings. The quantitative estimate of drug-likeness (QED) is 0.872. The maximum Gasteiger partial charge on any atom is 0.141 e. The molecule has 2 rings (SSSR count). The fraction of sp³-hybridized carbons (Fsp3) is 0.250. The Bertz CT molecular complexity index is 586. The van der Waals surface area contributed by atoms with E-state index in [4.69, 9.17) is 10.5 Å². The number of anilines is 1. The van der Waals surface area contributed by atoms with E-state index < -0.39 is 0 Å². The van der Waals surface area contributed by atoms with Gasteiger partial charge in [-0.1, -0.05) is 40.2 Å². The topological polar surface area (TPSA) is 47.3 Å². The highest BCUT2D eigenvalue weighted by molar-refractivity contribution is 9.10. The molecule has 20 heavy (non-hydrogen) atoms. The maximum atomic E-state index is 5.93. The van der Waals surface area contributed by atoms with Crippen LogP contribution in [0.5, 0.6) is 5.75 Å².